The fraction of sp³-hybridized carbons (Fsp3) is 0.529. The second-order valence-corrected chi connectivity index (χ2v) is 6.65. The van der Waals surface area contributed by atoms with Gasteiger partial charge in [-0.1, -0.05) is 25.8 Å². The third-order valence-corrected chi connectivity index (χ3v) is 4.96. The van der Waals surface area contributed by atoms with E-state index in [1.165, 1.54) is 0 Å². The number of hydrogen-bond acceptors (Lipinski definition) is 4. The Morgan fingerprint density at radius 1 is 1.42 bits per heavy atom. The molecular weight excluding hydrogens is 308 g/mol. The number of rotatable bonds is 3. The van der Waals surface area contributed by atoms with Crippen LogP contribution in [0.25, 0.3) is 0 Å². The lowest BCUT2D eigenvalue weighted by Gasteiger charge is -2.36. The molecule has 2 N–H and O–H groups in total. The van der Waals surface area contributed by atoms with Gasteiger partial charge in [-0.15, -0.1) is 0 Å². The van der Waals surface area contributed by atoms with Gasteiger partial charge in [-0.3, -0.25) is 14.5 Å². The Morgan fingerprint density at radius 3 is 2.92 bits per heavy atom. The number of nitrogens with zero attached hydrogens (tertiary/aromatic N) is 2. The van der Waals surface area contributed by atoms with E-state index in [1.807, 2.05) is 19.9 Å². The van der Waals surface area contributed by atoms with Crippen molar-refractivity contribution in [2.24, 2.45) is 5.92 Å². The summed E-state index contributed by atoms with van der Waals surface area (Å²) in [6, 6.07) is 4.79. The van der Waals surface area contributed by atoms with Crippen LogP contribution in [0.3, 0.4) is 0 Å². The molecule has 7 nitrogen and oxygen atoms in total. The molecule has 2 heterocycles. The van der Waals surface area contributed by atoms with Crippen LogP contribution in [0.5, 0.6) is 0 Å². The molecule has 0 radical (unpaired) electrons. The first-order valence-electron chi connectivity index (χ1n) is 8.30. The van der Waals surface area contributed by atoms with Gasteiger partial charge in [-0.2, -0.15) is 0 Å². The Kier molecular flexibility index (Phi) is 4.26. The zero-order valence-electron chi connectivity index (χ0n) is 14.0. The number of urea groups is 1. The normalized spacial score (nSPS) is 26.6. The summed E-state index contributed by atoms with van der Waals surface area (Å²) in [5.41, 5.74) is -0.0604. The molecule has 1 saturated heterocycles. The van der Waals surface area contributed by atoms with E-state index in [0.29, 0.717) is 12.2 Å². The summed E-state index contributed by atoms with van der Waals surface area (Å²) >= 11 is 0. The summed E-state index contributed by atoms with van der Waals surface area (Å²) in [4.78, 5) is 42.4. The van der Waals surface area contributed by atoms with Crippen LogP contribution in [0.4, 0.5) is 10.6 Å². The summed E-state index contributed by atoms with van der Waals surface area (Å²) in [5, 5.41) is 5.47. The number of nitrogens with one attached hydrogen (secondary N) is 2. The van der Waals surface area contributed by atoms with Crippen molar-refractivity contribution >= 4 is 23.7 Å². The standard InChI is InChI=1S/C17H22N4O3/c1-11-6-3-4-9-17(11)15(23)21(16(24)20-17)10-14(22)19-13-8-5-7-12(2)18-13/h5,7-8,11H,3-4,6,9-10H2,1-2H3,(H,20,24)(H,18,19,22). The van der Waals surface area contributed by atoms with Crippen LogP contribution in [-0.4, -0.2) is 39.8 Å². The number of anilines is 1. The van der Waals surface area contributed by atoms with E-state index in [2.05, 4.69) is 15.6 Å². The Labute approximate surface area is 140 Å². The minimum absolute atomic E-state index is 0.0780. The van der Waals surface area contributed by atoms with E-state index in [9.17, 15) is 14.4 Å². The molecule has 1 spiro atoms. The van der Waals surface area contributed by atoms with Crippen LogP contribution in [0.2, 0.25) is 0 Å². The van der Waals surface area contributed by atoms with Gasteiger partial charge in [-0.25, -0.2) is 9.78 Å². The van der Waals surface area contributed by atoms with Crippen LogP contribution in [0.1, 0.15) is 38.3 Å². The molecule has 128 valence electrons. The van der Waals surface area contributed by atoms with Crippen molar-refractivity contribution in [3.8, 4) is 0 Å². The molecule has 2 fully saturated rings. The quantitative estimate of drug-likeness (QED) is 0.827. The minimum Gasteiger partial charge on any atom is -0.323 e. The largest absolute Gasteiger partial charge is 0.325 e. The first-order valence-corrected chi connectivity index (χ1v) is 8.30. The molecule has 2 unspecified atom stereocenters. The van der Waals surface area contributed by atoms with Gasteiger partial charge in [0.05, 0.1) is 0 Å². The molecule has 1 aromatic heterocycles. The highest BCUT2D eigenvalue weighted by molar-refractivity contribution is 6.10. The van der Waals surface area contributed by atoms with Gasteiger partial charge in [0.15, 0.2) is 0 Å². The van der Waals surface area contributed by atoms with Crippen LogP contribution >= 0.6 is 0 Å². The third kappa shape index (κ3) is 2.86. The lowest BCUT2D eigenvalue weighted by molar-refractivity contribution is -0.136. The molecule has 0 aromatic carbocycles. The molecule has 24 heavy (non-hydrogen) atoms. The third-order valence-electron chi connectivity index (χ3n) is 4.96. The molecule has 1 aliphatic heterocycles. The maximum Gasteiger partial charge on any atom is 0.325 e. The second kappa shape index (κ2) is 6.22. The molecule has 2 aliphatic rings. The van der Waals surface area contributed by atoms with Gasteiger partial charge in [-0.05, 0) is 37.8 Å². The fourth-order valence-corrected chi connectivity index (χ4v) is 3.58. The molecule has 2 atom stereocenters. The summed E-state index contributed by atoms with van der Waals surface area (Å²) < 4.78 is 0. The lowest BCUT2D eigenvalue weighted by Crippen LogP contribution is -2.54. The smallest absolute Gasteiger partial charge is 0.323 e. The number of carbonyl (C=O) groups excluding carboxylic acids is 3. The fourth-order valence-electron chi connectivity index (χ4n) is 3.58. The molecule has 3 rings (SSSR count). The Hall–Kier alpha value is -2.44. The van der Waals surface area contributed by atoms with E-state index in [0.717, 1.165) is 29.9 Å². The maximum atomic E-state index is 12.8. The average Bonchev–Trinajstić information content (AvgIpc) is 2.75. The minimum atomic E-state index is -0.836. The Morgan fingerprint density at radius 2 is 2.21 bits per heavy atom. The maximum absolute atomic E-state index is 12.8. The van der Waals surface area contributed by atoms with Crippen LogP contribution in [0.15, 0.2) is 18.2 Å². The molecule has 1 aliphatic carbocycles. The monoisotopic (exact) mass is 330 g/mol. The van der Waals surface area contributed by atoms with Gasteiger partial charge in [0, 0.05) is 5.69 Å². The van der Waals surface area contributed by atoms with Crippen molar-refractivity contribution in [3.05, 3.63) is 23.9 Å². The van der Waals surface area contributed by atoms with Gasteiger partial charge in [0.25, 0.3) is 5.91 Å². The van der Waals surface area contributed by atoms with Crippen molar-refractivity contribution in [2.75, 3.05) is 11.9 Å². The van der Waals surface area contributed by atoms with Crippen molar-refractivity contribution in [1.29, 1.82) is 0 Å². The van der Waals surface area contributed by atoms with Crippen LogP contribution in [-0.2, 0) is 9.59 Å². The number of carbonyl (C=O) groups is 3. The summed E-state index contributed by atoms with van der Waals surface area (Å²) in [5.74, 6) is -0.230. The Balaban J connectivity index is 1.70. The zero-order valence-corrected chi connectivity index (χ0v) is 14.0. The topological polar surface area (TPSA) is 91.4 Å². The highest BCUT2D eigenvalue weighted by Gasteiger charge is 2.55. The van der Waals surface area contributed by atoms with Gasteiger partial charge < -0.3 is 10.6 Å². The number of hydrogen-bond donors (Lipinski definition) is 2. The highest BCUT2D eigenvalue weighted by Crippen LogP contribution is 2.38. The van der Waals surface area contributed by atoms with E-state index in [1.54, 1.807) is 12.1 Å². The lowest BCUT2D eigenvalue weighted by atomic mass is 9.73. The Bertz CT molecular complexity index is 690. The number of imide groups is 1. The van der Waals surface area contributed by atoms with Gasteiger partial charge in [0.1, 0.15) is 17.9 Å². The summed E-state index contributed by atoms with van der Waals surface area (Å²) in [6.45, 7) is 3.51. The summed E-state index contributed by atoms with van der Waals surface area (Å²) in [6.07, 6.45) is 3.50. The predicted octanol–water partition coefficient (Wildman–Crippen LogP) is 1.83. The number of pyridine rings is 1. The predicted molar refractivity (Wildman–Crippen MR) is 88.2 cm³/mol. The first kappa shape index (κ1) is 16.4. The van der Waals surface area contributed by atoms with E-state index in [4.69, 9.17) is 0 Å². The van der Waals surface area contributed by atoms with Gasteiger partial charge in [0.2, 0.25) is 5.91 Å². The van der Waals surface area contributed by atoms with Crippen LogP contribution in [0, 0.1) is 12.8 Å². The molecule has 4 amide bonds. The zero-order chi connectivity index (χ0) is 17.3. The van der Waals surface area contributed by atoms with E-state index in [-0.39, 0.29) is 18.4 Å². The molecule has 1 saturated carbocycles. The number of amides is 4. The van der Waals surface area contributed by atoms with E-state index < -0.39 is 17.5 Å². The first-order chi connectivity index (χ1) is 11.4. The SMILES string of the molecule is Cc1cccc(NC(=O)CN2C(=O)NC3(CCCCC3C)C2=O)n1. The molecule has 0 bridgehead atoms. The van der Waals surface area contributed by atoms with E-state index >= 15 is 0 Å². The number of aryl methyl sites for hydroxylation is 1. The molecular formula is C17H22N4O3. The molecule has 7 heteroatoms. The van der Waals surface area contributed by atoms with Crippen molar-refractivity contribution < 1.29 is 14.4 Å². The van der Waals surface area contributed by atoms with Crippen molar-refractivity contribution in [3.63, 3.8) is 0 Å². The van der Waals surface area contributed by atoms with Crippen molar-refractivity contribution in [2.45, 2.75) is 45.1 Å². The molecule has 1 aromatic rings. The highest BCUT2D eigenvalue weighted by atomic mass is 16.2. The average molecular weight is 330 g/mol. The van der Waals surface area contributed by atoms with Gasteiger partial charge >= 0.3 is 6.03 Å². The number of aromatic nitrogens is 1. The second-order valence-electron chi connectivity index (χ2n) is 6.65. The van der Waals surface area contributed by atoms with Crippen molar-refractivity contribution in [1.82, 2.24) is 15.2 Å². The summed E-state index contributed by atoms with van der Waals surface area (Å²) in [7, 11) is 0. The van der Waals surface area contributed by atoms with Crippen LogP contribution < -0.4 is 10.6 Å².